The lowest BCUT2D eigenvalue weighted by atomic mass is 10.0. The maximum Gasteiger partial charge on any atom is 0.272 e. The Labute approximate surface area is 267 Å². The fourth-order valence-corrected chi connectivity index (χ4v) is 6.80. The smallest absolute Gasteiger partial charge is 0.272 e. The zero-order valence-electron chi connectivity index (χ0n) is 26.5. The summed E-state index contributed by atoms with van der Waals surface area (Å²) in [4.78, 5) is 32.6. The number of carbonyl (C=O) groups excluding carboxylic acids is 2. The molecular formula is C35H40N6O3S. The molecule has 0 bridgehead atoms. The van der Waals surface area contributed by atoms with Crippen molar-refractivity contribution < 1.29 is 14.3 Å². The van der Waals surface area contributed by atoms with Gasteiger partial charge in [0.25, 0.3) is 5.91 Å². The lowest BCUT2D eigenvalue weighted by Gasteiger charge is -2.30. The quantitative estimate of drug-likeness (QED) is 0.144. The number of carbonyl (C=O) groups is 2. The minimum Gasteiger partial charge on any atom is -0.495 e. The Morgan fingerprint density at radius 1 is 1.11 bits per heavy atom. The maximum atomic E-state index is 13.2. The number of aromatic nitrogens is 2. The Bertz CT molecular complexity index is 1880. The zero-order chi connectivity index (χ0) is 32.2. The molecule has 0 radical (unpaired) electrons. The Hall–Kier alpha value is -4.67. The number of nitrogen functional groups attached to an aromatic ring is 1. The highest BCUT2D eigenvalue weighted by atomic mass is 32.1. The maximum absolute atomic E-state index is 13.2. The molecule has 0 aliphatic rings. The first-order valence-corrected chi connectivity index (χ1v) is 15.9. The van der Waals surface area contributed by atoms with Crippen molar-refractivity contribution in [3.05, 3.63) is 77.4 Å². The van der Waals surface area contributed by atoms with Crippen LogP contribution >= 0.6 is 11.3 Å². The number of hydrogen-bond acceptors (Lipinski definition) is 7. The van der Waals surface area contributed by atoms with E-state index in [4.69, 9.17) is 10.5 Å². The predicted octanol–water partition coefficient (Wildman–Crippen LogP) is 6.55. The number of nitrogens with two attached hydrogens (primary N) is 1. The summed E-state index contributed by atoms with van der Waals surface area (Å²) in [7, 11) is 3.45. The van der Waals surface area contributed by atoms with Crippen molar-refractivity contribution in [1.82, 2.24) is 19.8 Å². The highest BCUT2D eigenvalue weighted by molar-refractivity contribution is 7.18. The van der Waals surface area contributed by atoms with Gasteiger partial charge in [-0.1, -0.05) is 24.3 Å². The average Bonchev–Trinajstić information content (AvgIpc) is 3.61. The van der Waals surface area contributed by atoms with Crippen LogP contribution in [0, 0.1) is 0 Å². The highest BCUT2D eigenvalue weighted by Crippen LogP contribution is 2.41. The number of hydrogen-bond donors (Lipinski definition) is 3. The summed E-state index contributed by atoms with van der Waals surface area (Å²) in [6.07, 6.45) is 5.00. The molecule has 0 aliphatic carbocycles. The van der Waals surface area contributed by atoms with Crippen molar-refractivity contribution in [2.45, 2.75) is 39.8 Å². The summed E-state index contributed by atoms with van der Waals surface area (Å²) in [5, 5.41) is 9.81. The molecule has 0 unspecified atom stereocenters. The van der Waals surface area contributed by atoms with E-state index in [-0.39, 0.29) is 11.8 Å². The van der Waals surface area contributed by atoms with Crippen molar-refractivity contribution in [3.63, 3.8) is 0 Å². The number of nitrogens with zero attached hydrogens (tertiary/aromatic N) is 3. The number of aryl methyl sites for hydroxylation is 1. The molecule has 0 saturated heterocycles. The Balaban J connectivity index is 1.35. The van der Waals surface area contributed by atoms with E-state index in [0.717, 1.165) is 44.2 Å². The summed E-state index contributed by atoms with van der Waals surface area (Å²) in [5.41, 5.74) is 11.0. The van der Waals surface area contributed by atoms with Crippen molar-refractivity contribution >= 4 is 61.7 Å². The summed E-state index contributed by atoms with van der Waals surface area (Å²) in [6, 6.07) is 16.2. The molecule has 9 nitrogen and oxygen atoms in total. The minimum atomic E-state index is -0.230. The zero-order valence-corrected chi connectivity index (χ0v) is 27.4. The van der Waals surface area contributed by atoms with Gasteiger partial charge in [-0.2, -0.15) is 0 Å². The summed E-state index contributed by atoms with van der Waals surface area (Å²) in [5.74, 6) is 0.533. The summed E-state index contributed by atoms with van der Waals surface area (Å²) >= 11 is 1.54. The second-order valence-corrected chi connectivity index (χ2v) is 12.4. The standard InChI is InChI=1S/C35H40N6O3S/c1-21(2)41(22(3)4)16-15-37-31(42)14-12-25-19-38-34(36)32-26(20-45-33(25)32)23-11-13-27(30(18-23)44-6)39-35(43)29-17-24-9-7-8-10-28(24)40(29)5/h7-14,17-22H,15-16H2,1-6H3,(H2,36,38)(H,37,42)(H,39,43)/b14-12+. The third-order valence-corrected chi connectivity index (χ3v) is 9.04. The largest absolute Gasteiger partial charge is 0.495 e. The molecule has 5 aromatic rings. The van der Waals surface area contributed by atoms with Gasteiger partial charge in [-0.3, -0.25) is 14.5 Å². The van der Waals surface area contributed by atoms with Crippen LogP contribution in [0.5, 0.6) is 5.75 Å². The van der Waals surface area contributed by atoms with Gasteiger partial charge < -0.3 is 25.7 Å². The van der Waals surface area contributed by atoms with E-state index < -0.39 is 0 Å². The minimum absolute atomic E-state index is 0.157. The predicted molar refractivity (Wildman–Crippen MR) is 186 cm³/mol. The first kappa shape index (κ1) is 31.7. The molecule has 0 fully saturated rings. The number of methoxy groups -OCH3 is 1. The Morgan fingerprint density at radius 3 is 2.58 bits per heavy atom. The molecule has 2 amide bonds. The van der Waals surface area contributed by atoms with Crippen LogP contribution in [0.1, 0.15) is 43.7 Å². The van der Waals surface area contributed by atoms with Gasteiger partial charge >= 0.3 is 0 Å². The third-order valence-electron chi connectivity index (χ3n) is 8.01. The molecule has 4 N–H and O–H groups in total. The number of pyridine rings is 1. The molecule has 5 rings (SSSR count). The second kappa shape index (κ2) is 13.5. The van der Waals surface area contributed by atoms with Crippen LogP contribution < -0.4 is 21.1 Å². The first-order chi connectivity index (χ1) is 21.6. The number of benzene rings is 2. The van der Waals surface area contributed by atoms with E-state index in [1.807, 2.05) is 65.5 Å². The van der Waals surface area contributed by atoms with Crippen LogP contribution in [0.25, 0.3) is 38.2 Å². The molecule has 45 heavy (non-hydrogen) atoms. The van der Waals surface area contributed by atoms with E-state index >= 15 is 0 Å². The van der Waals surface area contributed by atoms with Crippen molar-refractivity contribution in [2.24, 2.45) is 7.05 Å². The van der Waals surface area contributed by atoms with Gasteiger partial charge in [-0.25, -0.2) is 4.98 Å². The number of anilines is 2. The molecule has 3 aromatic heterocycles. The van der Waals surface area contributed by atoms with Gasteiger partial charge in [0.2, 0.25) is 5.91 Å². The van der Waals surface area contributed by atoms with E-state index in [1.54, 1.807) is 19.4 Å². The van der Waals surface area contributed by atoms with Gasteiger partial charge in [0.15, 0.2) is 0 Å². The van der Waals surface area contributed by atoms with Gasteiger partial charge in [-0.15, -0.1) is 11.3 Å². The van der Waals surface area contributed by atoms with E-state index in [1.165, 1.54) is 17.4 Å². The Morgan fingerprint density at radius 2 is 1.87 bits per heavy atom. The molecule has 2 aromatic carbocycles. The highest BCUT2D eigenvalue weighted by Gasteiger charge is 2.18. The van der Waals surface area contributed by atoms with Crippen LogP contribution in [0.3, 0.4) is 0 Å². The van der Waals surface area contributed by atoms with E-state index in [2.05, 4.69) is 48.2 Å². The van der Waals surface area contributed by atoms with Crippen LogP contribution in [-0.2, 0) is 11.8 Å². The van der Waals surface area contributed by atoms with Crippen LogP contribution in [0.2, 0.25) is 0 Å². The second-order valence-electron chi connectivity index (χ2n) is 11.5. The van der Waals surface area contributed by atoms with Gasteiger partial charge in [0.05, 0.1) is 12.8 Å². The molecule has 10 heteroatoms. The van der Waals surface area contributed by atoms with Crippen LogP contribution in [-0.4, -0.2) is 58.5 Å². The van der Waals surface area contributed by atoms with E-state index in [0.29, 0.717) is 41.6 Å². The van der Waals surface area contributed by atoms with Gasteiger partial charge in [0.1, 0.15) is 17.3 Å². The van der Waals surface area contributed by atoms with Gasteiger partial charge in [0, 0.05) is 76.6 Å². The van der Waals surface area contributed by atoms with Crippen molar-refractivity contribution in [2.75, 3.05) is 31.2 Å². The topological polar surface area (TPSA) is 115 Å². The number of ether oxygens (including phenoxy) is 1. The normalized spacial score (nSPS) is 11.8. The Kier molecular flexibility index (Phi) is 9.55. The lowest BCUT2D eigenvalue weighted by Crippen LogP contribution is -2.42. The first-order valence-electron chi connectivity index (χ1n) is 15.0. The van der Waals surface area contributed by atoms with E-state index in [9.17, 15) is 9.59 Å². The van der Waals surface area contributed by atoms with Crippen molar-refractivity contribution in [1.29, 1.82) is 0 Å². The number of amides is 2. The summed E-state index contributed by atoms with van der Waals surface area (Å²) in [6.45, 7) is 9.99. The number of para-hydroxylation sites is 1. The van der Waals surface area contributed by atoms with Gasteiger partial charge in [-0.05, 0) is 69.0 Å². The lowest BCUT2D eigenvalue weighted by molar-refractivity contribution is -0.116. The number of fused-ring (bicyclic) bond motifs is 2. The molecule has 0 spiro atoms. The van der Waals surface area contributed by atoms with Crippen LogP contribution in [0.4, 0.5) is 11.5 Å². The number of rotatable bonds is 11. The molecule has 3 heterocycles. The summed E-state index contributed by atoms with van der Waals surface area (Å²) < 4.78 is 8.50. The van der Waals surface area contributed by atoms with Crippen molar-refractivity contribution in [3.8, 4) is 16.9 Å². The molecule has 0 aliphatic heterocycles. The average molecular weight is 625 g/mol. The number of nitrogens with one attached hydrogen (secondary N) is 2. The molecule has 0 atom stereocenters. The monoisotopic (exact) mass is 624 g/mol. The number of thiophene rings is 1. The molecule has 0 saturated carbocycles. The third kappa shape index (κ3) is 6.72. The fraction of sp³-hybridized carbons (Fsp3) is 0.286. The fourth-order valence-electron chi connectivity index (χ4n) is 5.72. The molecular weight excluding hydrogens is 584 g/mol. The SMILES string of the molecule is COc1cc(-c2csc3c(/C=C/C(=O)NCCN(C(C)C)C(C)C)cnc(N)c23)ccc1NC(=O)c1cc2ccccc2n1C. The van der Waals surface area contributed by atoms with Crippen LogP contribution in [0.15, 0.2) is 66.2 Å². The molecule has 234 valence electrons.